The third-order valence-corrected chi connectivity index (χ3v) is 4.88. The van der Waals surface area contributed by atoms with E-state index >= 15 is 0 Å². The minimum Gasteiger partial charge on any atom is -0.0651 e. The summed E-state index contributed by atoms with van der Waals surface area (Å²) in [6.45, 7) is 7.15. The second-order valence-electron chi connectivity index (χ2n) is 6.55. The molecule has 0 N–H and O–H groups in total. The normalized spacial score (nSPS) is 21.2. The molecule has 0 aromatic heterocycles. The first-order valence-corrected chi connectivity index (χ1v) is 8.24. The third-order valence-electron chi connectivity index (χ3n) is 4.88. The Hall–Kier alpha value is 0. The average molecular weight is 238 g/mol. The van der Waals surface area contributed by atoms with Gasteiger partial charge in [-0.15, -0.1) is 0 Å². The van der Waals surface area contributed by atoms with Crippen molar-refractivity contribution in [3.63, 3.8) is 0 Å². The first kappa shape index (κ1) is 15.1. The molecule has 1 aliphatic carbocycles. The number of hydrogen-bond acceptors (Lipinski definition) is 0. The van der Waals surface area contributed by atoms with Crippen molar-refractivity contribution in [1.29, 1.82) is 0 Å². The lowest BCUT2D eigenvalue weighted by atomic mass is 9.84. The Morgan fingerprint density at radius 1 is 0.941 bits per heavy atom. The Bertz CT molecular complexity index is 163. The first-order chi connectivity index (χ1) is 8.24. The van der Waals surface area contributed by atoms with Gasteiger partial charge in [0.05, 0.1) is 0 Å². The Labute approximate surface area is 110 Å². The molecule has 1 atom stereocenters. The Morgan fingerprint density at radius 2 is 1.53 bits per heavy atom. The van der Waals surface area contributed by atoms with Crippen molar-refractivity contribution in [1.82, 2.24) is 0 Å². The van der Waals surface area contributed by atoms with Crippen LogP contribution in [0.25, 0.3) is 0 Å². The van der Waals surface area contributed by atoms with Crippen LogP contribution >= 0.6 is 0 Å². The highest BCUT2D eigenvalue weighted by Crippen LogP contribution is 2.28. The second-order valence-corrected chi connectivity index (χ2v) is 6.55. The van der Waals surface area contributed by atoms with E-state index in [0.29, 0.717) is 0 Å². The van der Waals surface area contributed by atoms with E-state index in [1.54, 1.807) is 0 Å². The molecule has 0 heteroatoms. The molecule has 0 saturated heterocycles. The smallest absolute Gasteiger partial charge is 0.0394 e. The van der Waals surface area contributed by atoms with Gasteiger partial charge < -0.3 is 0 Å². The van der Waals surface area contributed by atoms with Crippen LogP contribution in [-0.4, -0.2) is 0 Å². The largest absolute Gasteiger partial charge is 0.0651 e. The minimum absolute atomic E-state index is 0.886. The van der Waals surface area contributed by atoms with Gasteiger partial charge in [0.15, 0.2) is 0 Å². The molecule has 17 heavy (non-hydrogen) atoms. The van der Waals surface area contributed by atoms with Gasteiger partial charge in [0.25, 0.3) is 0 Å². The second kappa shape index (κ2) is 9.00. The molecule has 0 aromatic carbocycles. The fourth-order valence-corrected chi connectivity index (χ4v) is 3.51. The maximum absolute atomic E-state index is 2.39. The lowest BCUT2D eigenvalue weighted by molar-refractivity contribution is 0.301. The van der Waals surface area contributed by atoms with Crippen LogP contribution in [-0.2, 0) is 0 Å². The van der Waals surface area contributed by atoms with Crippen molar-refractivity contribution < 1.29 is 0 Å². The highest BCUT2D eigenvalue weighted by atomic mass is 14.2. The molecule has 0 aliphatic heterocycles. The molecule has 0 radical (unpaired) electrons. The lowest BCUT2D eigenvalue weighted by Gasteiger charge is -2.22. The molecule has 1 saturated carbocycles. The maximum Gasteiger partial charge on any atom is -0.0394 e. The third kappa shape index (κ3) is 6.48. The van der Waals surface area contributed by atoms with E-state index in [-0.39, 0.29) is 0 Å². The molecule has 1 fully saturated rings. The average Bonchev–Trinajstić information content (AvgIpc) is 2.26. The Kier molecular flexibility index (Phi) is 7.97. The van der Waals surface area contributed by atoms with Crippen molar-refractivity contribution in [2.45, 2.75) is 91.4 Å². The Balaban J connectivity index is 2.15. The molecule has 0 nitrogen and oxygen atoms in total. The summed E-state index contributed by atoms with van der Waals surface area (Å²) in [6, 6.07) is 0. The van der Waals surface area contributed by atoms with E-state index in [4.69, 9.17) is 0 Å². The van der Waals surface area contributed by atoms with Gasteiger partial charge >= 0.3 is 0 Å². The van der Waals surface area contributed by atoms with Crippen LogP contribution < -0.4 is 0 Å². The van der Waals surface area contributed by atoms with Crippen LogP contribution in [0.15, 0.2) is 0 Å². The summed E-state index contributed by atoms with van der Waals surface area (Å²) in [5.41, 5.74) is 0. The van der Waals surface area contributed by atoms with Crippen LogP contribution in [0.4, 0.5) is 0 Å². The topological polar surface area (TPSA) is 0 Å². The molecular weight excluding hydrogens is 204 g/mol. The van der Waals surface area contributed by atoms with Gasteiger partial charge in [0.2, 0.25) is 0 Å². The van der Waals surface area contributed by atoms with Crippen LogP contribution in [0.3, 0.4) is 0 Å². The quantitative estimate of drug-likeness (QED) is 0.517. The summed E-state index contributed by atoms with van der Waals surface area (Å²) >= 11 is 0. The minimum atomic E-state index is 0.886. The molecule has 1 rings (SSSR count). The lowest BCUT2D eigenvalue weighted by Crippen LogP contribution is -2.09. The summed E-state index contributed by atoms with van der Waals surface area (Å²) in [5, 5.41) is 0. The molecule has 0 aromatic rings. The van der Waals surface area contributed by atoms with Gasteiger partial charge in [0.1, 0.15) is 0 Å². The summed E-state index contributed by atoms with van der Waals surface area (Å²) < 4.78 is 0. The van der Waals surface area contributed by atoms with E-state index in [0.717, 1.165) is 17.8 Å². The van der Waals surface area contributed by atoms with E-state index in [9.17, 15) is 0 Å². The molecule has 1 aliphatic rings. The van der Waals surface area contributed by atoms with Crippen LogP contribution in [0.5, 0.6) is 0 Å². The van der Waals surface area contributed by atoms with Gasteiger partial charge in [0, 0.05) is 0 Å². The molecule has 0 spiro atoms. The fourth-order valence-electron chi connectivity index (χ4n) is 3.51. The molecule has 1 unspecified atom stereocenters. The van der Waals surface area contributed by atoms with Gasteiger partial charge in [-0.3, -0.25) is 0 Å². The van der Waals surface area contributed by atoms with Crippen molar-refractivity contribution in [2.24, 2.45) is 17.8 Å². The SMILES string of the molecule is CCC(CCCC1CCCCCCC1)C(C)C. The van der Waals surface area contributed by atoms with Gasteiger partial charge in [-0.1, -0.05) is 91.4 Å². The summed E-state index contributed by atoms with van der Waals surface area (Å²) in [5.74, 6) is 2.93. The summed E-state index contributed by atoms with van der Waals surface area (Å²) in [7, 11) is 0. The zero-order valence-corrected chi connectivity index (χ0v) is 12.5. The number of hydrogen-bond donors (Lipinski definition) is 0. The van der Waals surface area contributed by atoms with E-state index in [1.165, 1.54) is 70.6 Å². The summed E-state index contributed by atoms with van der Waals surface area (Å²) in [4.78, 5) is 0. The predicted octanol–water partition coefficient (Wildman–Crippen LogP) is 6.20. The van der Waals surface area contributed by atoms with E-state index in [2.05, 4.69) is 20.8 Å². The van der Waals surface area contributed by atoms with Crippen LogP contribution in [0.2, 0.25) is 0 Å². The van der Waals surface area contributed by atoms with Crippen LogP contribution in [0, 0.1) is 17.8 Å². The molecule has 0 bridgehead atoms. The van der Waals surface area contributed by atoms with Gasteiger partial charge in [-0.25, -0.2) is 0 Å². The number of rotatable bonds is 6. The molecule has 102 valence electrons. The van der Waals surface area contributed by atoms with E-state index in [1.807, 2.05) is 0 Å². The van der Waals surface area contributed by atoms with Crippen molar-refractivity contribution in [3.8, 4) is 0 Å². The molecule has 0 heterocycles. The standard InChI is InChI=1S/C17H34/c1-4-17(15(2)3)14-10-13-16-11-8-6-5-7-9-12-16/h15-17H,4-14H2,1-3H3. The predicted molar refractivity (Wildman–Crippen MR) is 78.3 cm³/mol. The molecule has 0 amide bonds. The maximum atomic E-state index is 2.39. The fraction of sp³-hybridized carbons (Fsp3) is 1.00. The van der Waals surface area contributed by atoms with Crippen molar-refractivity contribution >= 4 is 0 Å². The van der Waals surface area contributed by atoms with Crippen molar-refractivity contribution in [3.05, 3.63) is 0 Å². The Morgan fingerprint density at radius 3 is 2.06 bits per heavy atom. The van der Waals surface area contributed by atoms with Crippen LogP contribution in [0.1, 0.15) is 91.4 Å². The monoisotopic (exact) mass is 238 g/mol. The zero-order chi connectivity index (χ0) is 12.5. The highest BCUT2D eigenvalue weighted by molar-refractivity contribution is 4.67. The highest BCUT2D eigenvalue weighted by Gasteiger charge is 2.14. The molecular formula is C17H34. The van der Waals surface area contributed by atoms with Gasteiger partial charge in [-0.2, -0.15) is 0 Å². The summed E-state index contributed by atoms with van der Waals surface area (Å²) in [6.07, 6.45) is 16.4. The van der Waals surface area contributed by atoms with E-state index < -0.39 is 0 Å². The van der Waals surface area contributed by atoms with Gasteiger partial charge in [-0.05, 0) is 17.8 Å². The van der Waals surface area contributed by atoms with Crippen molar-refractivity contribution in [2.75, 3.05) is 0 Å². The zero-order valence-electron chi connectivity index (χ0n) is 12.5. The first-order valence-electron chi connectivity index (χ1n) is 8.24.